The highest BCUT2D eigenvalue weighted by molar-refractivity contribution is 5.99. The molecule has 20 heavy (non-hydrogen) atoms. The number of benzene rings is 1. The summed E-state index contributed by atoms with van der Waals surface area (Å²) in [7, 11) is 0. The van der Waals surface area contributed by atoms with Crippen LogP contribution >= 0.6 is 0 Å². The summed E-state index contributed by atoms with van der Waals surface area (Å²) in [6, 6.07) is 5.98. The molecule has 0 aliphatic heterocycles. The molecule has 2 unspecified atom stereocenters. The zero-order chi connectivity index (χ0) is 14.5. The van der Waals surface area contributed by atoms with Gasteiger partial charge >= 0.3 is 0 Å². The number of amides is 1. The molecular formula is C16H25N3O. The van der Waals surface area contributed by atoms with Gasteiger partial charge in [-0.05, 0) is 37.8 Å². The van der Waals surface area contributed by atoms with Crippen LogP contribution in [0.15, 0.2) is 18.2 Å². The molecule has 0 radical (unpaired) electrons. The maximum Gasteiger partial charge on any atom is 0.253 e. The molecule has 2 rings (SSSR count). The summed E-state index contributed by atoms with van der Waals surface area (Å²) in [5.41, 5.74) is 4.98. The van der Waals surface area contributed by atoms with E-state index in [1.807, 2.05) is 25.1 Å². The van der Waals surface area contributed by atoms with E-state index in [-0.39, 0.29) is 5.91 Å². The number of hydrogen-bond donors (Lipinski definition) is 3. The summed E-state index contributed by atoms with van der Waals surface area (Å²) in [5, 5.41) is 3.20. The largest absolute Gasteiger partial charge is 0.349 e. The number of hydrogen-bond acceptors (Lipinski definition) is 3. The zero-order valence-electron chi connectivity index (χ0n) is 12.4. The fourth-order valence-electron chi connectivity index (χ4n) is 3.10. The highest BCUT2D eigenvalue weighted by atomic mass is 16.1. The van der Waals surface area contributed by atoms with Crippen molar-refractivity contribution in [1.29, 1.82) is 0 Å². The second kappa shape index (κ2) is 6.75. The molecule has 1 aromatic rings. The van der Waals surface area contributed by atoms with Crippen LogP contribution < -0.4 is 16.6 Å². The van der Waals surface area contributed by atoms with Crippen LogP contribution in [-0.2, 0) is 0 Å². The highest BCUT2D eigenvalue weighted by Crippen LogP contribution is 2.27. The predicted octanol–water partition coefficient (Wildman–Crippen LogP) is 2.98. The predicted molar refractivity (Wildman–Crippen MR) is 82.5 cm³/mol. The number of aryl methyl sites for hydroxylation is 1. The SMILES string of the molecule is CCC1CCCCC1NC(=O)c1cc(C)ccc1NN. The van der Waals surface area contributed by atoms with Gasteiger partial charge in [0, 0.05) is 6.04 Å². The number of nitrogen functional groups attached to an aromatic ring is 1. The van der Waals surface area contributed by atoms with Gasteiger partial charge in [-0.1, -0.05) is 37.8 Å². The monoisotopic (exact) mass is 275 g/mol. The Kier molecular flexibility index (Phi) is 5.01. The van der Waals surface area contributed by atoms with Crippen molar-refractivity contribution in [2.75, 3.05) is 5.43 Å². The fraction of sp³-hybridized carbons (Fsp3) is 0.562. The highest BCUT2D eigenvalue weighted by Gasteiger charge is 2.26. The van der Waals surface area contributed by atoms with Crippen LogP contribution in [0, 0.1) is 12.8 Å². The van der Waals surface area contributed by atoms with E-state index in [4.69, 9.17) is 5.84 Å². The molecule has 0 aromatic heterocycles. The maximum absolute atomic E-state index is 12.5. The molecule has 4 nitrogen and oxygen atoms in total. The van der Waals surface area contributed by atoms with Crippen molar-refractivity contribution >= 4 is 11.6 Å². The average Bonchev–Trinajstić information content (AvgIpc) is 2.47. The molecule has 1 aliphatic rings. The first-order valence-electron chi connectivity index (χ1n) is 7.53. The van der Waals surface area contributed by atoms with Gasteiger partial charge in [-0.15, -0.1) is 0 Å². The molecule has 4 N–H and O–H groups in total. The molecular weight excluding hydrogens is 250 g/mol. The number of carbonyl (C=O) groups excluding carboxylic acids is 1. The summed E-state index contributed by atoms with van der Waals surface area (Å²) in [6.07, 6.45) is 5.92. The lowest BCUT2D eigenvalue weighted by Crippen LogP contribution is -2.42. The molecule has 110 valence electrons. The first-order chi connectivity index (χ1) is 9.65. The van der Waals surface area contributed by atoms with E-state index in [0.717, 1.165) is 18.4 Å². The number of nitrogens with one attached hydrogen (secondary N) is 2. The molecule has 0 bridgehead atoms. The summed E-state index contributed by atoms with van der Waals surface area (Å²) in [4.78, 5) is 12.5. The number of hydrazine groups is 1. The third kappa shape index (κ3) is 3.31. The van der Waals surface area contributed by atoms with Gasteiger partial charge in [-0.3, -0.25) is 10.6 Å². The molecule has 1 saturated carbocycles. The van der Waals surface area contributed by atoms with Crippen molar-refractivity contribution in [2.24, 2.45) is 11.8 Å². The quantitative estimate of drug-likeness (QED) is 0.584. The number of nitrogens with two attached hydrogens (primary N) is 1. The smallest absolute Gasteiger partial charge is 0.253 e. The van der Waals surface area contributed by atoms with Crippen LogP contribution in [0.4, 0.5) is 5.69 Å². The maximum atomic E-state index is 12.5. The van der Waals surface area contributed by atoms with Crippen LogP contribution in [-0.4, -0.2) is 11.9 Å². The van der Waals surface area contributed by atoms with Crippen LogP contribution in [0.2, 0.25) is 0 Å². The second-order valence-electron chi connectivity index (χ2n) is 5.73. The molecule has 1 amide bonds. The lowest BCUT2D eigenvalue weighted by atomic mass is 9.83. The van der Waals surface area contributed by atoms with Crippen molar-refractivity contribution in [3.05, 3.63) is 29.3 Å². The van der Waals surface area contributed by atoms with Crippen molar-refractivity contribution in [1.82, 2.24) is 5.32 Å². The van der Waals surface area contributed by atoms with Crippen LogP contribution in [0.25, 0.3) is 0 Å². The minimum Gasteiger partial charge on any atom is -0.349 e. The summed E-state index contributed by atoms with van der Waals surface area (Å²) >= 11 is 0. The van der Waals surface area contributed by atoms with Gasteiger partial charge in [0.25, 0.3) is 5.91 Å². The molecule has 0 spiro atoms. The third-order valence-corrected chi connectivity index (χ3v) is 4.33. The Morgan fingerprint density at radius 1 is 1.35 bits per heavy atom. The summed E-state index contributed by atoms with van der Waals surface area (Å²) in [5.74, 6) is 6.08. The van der Waals surface area contributed by atoms with Crippen molar-refractivity contribution < 1.29 is 4.79 Å². The summed E-state index contributed by atoms with van der Waals surface area (Å²) in [6.45, 7) is 4.18. The van der Waals surface area contributed by atoms with E-state index in [2.05, 4.69) is 17.7 Å². The van der Waals surface area contributed by atoms with Crippen LogP contribution in [0.1, 0.15) is 54.9 Å². The van der Waals surface area contributed by atoms with Gasteiger partial charge < -0.3 is 10.7 Å². The standard InChI is InChI=1S/C16H25N3O/c1-3-12-6-4-5-7-14(12)18-16(20)13-10-11(2)8-9-15(13)19-17/h8-10,12,14,19H,3-7,17H2,1-2H3,(H,18,20). The lowest BCUT2D eigenvalue weighted by Gasteiger charge is -2.31. The van der Waals surface area contributed by atoms with Crippen molar-refractivity contribution in [2.45, 2.75) is 52.0 Å². The number of carbonyl (C=O) groups is 1. The molecule has 1 aromatic carbocycles. The van der Waals surface area contributed by atoms with Gasteiger partial charge in [0.15, 0.2) is 0 Å². The van der Waals surface area contributed by atoms with Gasteiger partial charge in [0.05, 0.1) is 11.3 Å². The Labute approximate surface area is 121 Å². The Balaban J connectivity index is 2.13. The van der Waals surface area contributed by atoms with Gasteiger partial charge in [-0.2, -0.15) is 0 Å². The molecule has 4 heteroatoms. The van der Waals surface area contributed by atoms with Gasteiger partial charge in [0.2, 0.25) is 0 Å². The Bertz CT molecular complexity index is 473. The third-order valence-electron chi connectivity index (χ3n) is 4.33. The van der Waals surface area contributed by atoms with Crippen LogP contribution in [0.3, 0.4) is 0 Å². The Morgan fingerprint density at radius 2 is 2.10 bits per heavy atom. The topological polar surface area (TPSA) is 67.2 Å². The first-order valence-corrected chi connectivity index (χ1v) is 7.53. The average molecular weight is 275 g/mol. The molecule has 1 aliphatic carbocycles. The van der Waals surface area contributed by atoms with E-state index >= 15 is 0 Å². The van der Waals surface area contributed by atoms with Crippen LogP contribution in [0.5, 0.6) is 0 Å². The molecule has 1 fully saturated rings. The Hall–Kier alpha value is -1.55. The lowest BCUT2D eigenvalue weighted by molar-refractivity contribution is 0.0905. The van der Waals surface area contributed by atoms with Gasteiger partial charge in [-0.25, -0.2) is 0 Å². The molecule has 2 atom stereocenters. The van der Waals surface area contributed by atoms with E-state index in [9.17, 15) is 4.79 Å². The molecule has 0 saturated heterocycles. The zero-order valence-corrected chi connectivity index (χ0v) is 12.4. The number of anilines is 1. The fourth-order valence-corrected chi connectivity index (χ4v) is 3.10. The van der Waals surface area contributed by atoms with Crippen molar-refractivity contribution in [3.8, 4) is 0 Å². The van der Waals surface area contributed by atoms with E-state index in [1.54, 1.807) is 0 Å². The first kappa shape index (κ1) is 14.9. The molecule has 0 heterocycles. The minimum absolute atomic E-state index is 0.0213. The van der Waals surface area contributed by atoms with E-state index in [1.165, 1.54) is 19.3 Å². The van der Waals surface area contributed by atoms with E-state index in [0.29, 0.717) is 23.2 Å². The van der Waals surface area contributed by atoms with Gasteiger partial charge in [0.1, 0.15) is 0 Å². The van der Waals surface area contributed by atoms with E-state index < -0.39 is 0 Å². The Morgan fingerprint density at radius 3 is 2.80 bits per heavy atom. The second-order valence-corrected chi connectivity index (χ2v) is 5.73. The number of rotatable bonds is 4. The van der Waals surface area contributed by atoms with Crippen molar-refractivity contribution in [3.63, 3.8) is 0 Å². The minimum atomic E-state index is -0.0213. The summed E-state index contributed by atoms with van der Waals surface area (Å²) < 4.78 is 0. The normalized spacial score (nSPS) is 22.4.